The van der Waals surface area contributed by atoms with Crippen molar-refractivity contribution in [3.05, 3.63) is 0 Å². The highest BCUT2D eigenvalue weighted by atomic mass is 35.5. The molecular formula is C21H42Cl2N2O4. The molecule has 0 saturated heterocycles. The van der Waals surface area contributed by atoms with Crippen LogP contribution < -0.4 is 11.5 Å². The molecule has 1 aliphatic carbocycles. The zero-order valence-electron chi connectivity index (χ0n) is 18.3. The van der Waals surface area contributed by atoms with Crippen LogP contribution in [0.3, 0.4) is 0 Å². The number of hydrogen-bond donors (Lipinski definition) is 2. The Hall–Kier alpha value is -0.560. The minimum atomic E-state index is -0.277. The van der Waals surface area contributed by atoms with Crippen molar-refractivity contribution in [3.63, 3.8) is 0 Å². The van der Waals surface area contributed by atoms with Crippen molar-refractivity contribution in [2.45, 2.75) is 84.7 Å². The van der Waals surface area contributed by atoms with Crippen LogP contribution in [0, 0.1) is 17.3 Å². The number of carbonyl (C=O) groups is 2. The monoisotopic (exact) mass is 456 g/mol. The third kappa shape index (κ3) is 12.7. The van der Waals surface area contributed by atoms with E-state index in [1.807, 2.05) is 6.92 Å². The van der Waals surface area contributed by atoms with Crippen LogP contribution in [-0.2, 0) is 19.1 Å². The van der Waals surface area contributed by atoms with Crippen LogP contribution in [0.15, 0.2) is 0 Å². The van der Waals surface area contributed by atoms with Gasteiger partial charge >= 0.3 is 11.9 Å². The van der Waals surface area contributed by atoms with Crippen molar-refractivity contribution in [2.75, 3.05) is 19.7 Å². The molecule has 0 aliphatic heterocycles. The molecule has 0 spiro atoms. The van der Waals surface area contributed by atoms with Gasteiger partial charge in [-0.3, -0.25) is 9.59 Å². The quantitative estimate of drug-likeness (QED) is 0.429. The van der Waals surface area contributed by atoms with E-state index in [4.69, 9.17) is 20.9 Å². The van der Waals surface area contributed by atoms with Crippen molar-refractivity contribution in [1.29, 1.82) is 0 Å². The average molecular weight is 457 g/mol. The summed E-state index contributed by atoms with van der Waals surface area (Å²) in [5.74, 6) is 0.241. The largest absolute Gasteiger partial charge is 0.466 e. The van der Waals surface area contributed by atoms with E-state index in [2.05, 4.69) is 13.8 Å². The normalized spacial score (nSPS) is 17.4. The molecule has 0 amide bonds. The number of esters is 2. The molecule has 2 atom stereocenters. The molecule has 1 unspecified atom stereocenters. The Kier molecular flexibility index (Phi) is 17.1. The van der Waals surface area contributed by atoms with Gasteiger partial charge in [0, 0.05) is 12.8 Å². The fourth-order valence-electron chi connectivity index (χ4n) is 3.95. The maximum Gasteiger partial charge on any atom is 0.306 e. The summed E-state index contributed by atoms with van der Waals surface area (Å²) >= 11 is 0. The third-order valence-corrected chi connectivity index (χ3v) is 5.58. The predicted molar refractivity (Wildman–Crippen MR) is 121 cm³/mol. The molecule has 29 heavy (non-hydrogen) atoms. The van der Waals surface area contributed by atoms with E-state index < -0.39 is 0 Å². The van der Waals surface area contributed by atoms with Gasteiger partial charge in [-0.25, -0.2) is 0 Å². The van der Waals surface area contributed by atoms with Crippen LogP contribution in [0.5, 0.6) is 0 Å². The Morgan fingerprint density at radius 3 is 2.14 bits per heavy atom. The summed E-state index contributed by atoms with van der Waals surface area (Å²) < 4.78 is 10.8. The highest BCUT2D eigenvalue weighted by Gasteiger charge is 2.33. The van der Waals surface area contributed by atoms with Crippen molar-refractivity contribution < 1.29 is 19.1 Å². The van der Waals surface area contributed by atoms with E-state index in [0.717, 1.165) is 32.1 Å². The zero-order valence-corrected chi connectivity index (χ0v) is 20.0. The standard InChI is InChI=1S/C21H40N2O4.2ClH/c1-16(2)11-18(14-22)12-19(24)27-17(3)7-10-26-20(25)13-21(15-23)8-5-4-6-9-21;;/h16-18H,4-15,22-23H2,1-3H3;2*1H/t17?,18-;;/m0../s1. The first kappa shape index (κ1) is 30.6. The first-order valence-electron chi connectivity index (χ1n) is 10.6. The Morgan fingerprint density at radius 2 is 1.62 bits per heavy atom. The summed E-state index contributed by atoms with van der Waals surface area (Å²) in [5, 5.41) is 0. The number of halogens is 2. The van der Waals surface area contributed by atoms with Crippen LogP contribution in [0.25, 0.3) is 0 Å². The van der Waals surface area contributed by atoms with Crippen LogP contribution >= 0.6 is 24.8 Å². The molecular weight excluding hydrogens is 415 g/mol. The molecule has 4 N–H and O–H groups in total. The molecule has 0 radical (unpaired) electrons. The smallest absolute Gasteiger partial charge is 0.306 e. The fraction of sp³-hybridized carbons (Fsp3) is 0.905. The minimum Gasteiger partial charge on any atom is -0.466 e. The van der Waals surface area contributed by atoms with Crippen LogP contribution in [0.2, 0.25) is 0 Å². The number of carbonyl (C=O) groups excluding carboxylic acids is 2. The highest BCUT2D eigenvalue weighted by Crippen LogP contribution is 2.38. The van der Waals surface area contributed by atoms with Gasteiger partial charge in [0.15, 0.2) is 0 Å². The summed E-state index contributed by atoms with van der Waals surface area (Å²) in [6.45, 7) is 7.35. The van der Waals surface area contributed by atoms with Gasteiger partial charge in [0.25, 0.3) is 0 Å². The summed E-state index contributed by atoms with van der Waals surface area (Å²) in [6.07, 6.45) is 7.39. The Bertz CT molecular complexity index is 458. The maximum atomic E-state index is 12.2. The number of rotatable bonds is 12. The van der Waals surface area contributed by atoms with Crippen LogP contribution in [0.1, 0.15) is 78.6 Å². The zero-order chi connectivity index (χ0) is 20.3. The lowest BCUT2D eigenvalue weighted by Crippen LogP contribution is -2.35. The van der Waals surface area contributed by atoms with Gasteiger partial charge in [-0.05, 0) is 56.5 Å². The maximum absolute atomic E-state index is 12.2. The number of nitrogens with two attached hydrogens (primary N) is 2. The van der Waals surface area contributed by atoms with Crippen molar-refractivity contribution in [3.8, 4) is 0 Å². The molecule has 0 bridgehead atoms. The van der Waals surface area contributed by atoms with Gasteiger partial charge in [0.05, 0.1) is 13.0 Å². The Balaban J connectivity index is 0. The first-order valence-corrected chi connectivity index (χ1v) is 10.6. The van der Waals surface area contributed by atoms with Gasteiger partial charge in [-0.1, -0.05) is 33.1 Å². The second kappa shape index (κ2) is 16.2. The van der Waals surface area contributed by atoms with Gasteiger partial charge in [0.2, 0.25) is 0 Å². The molecule has 1 fully saturated rings. The summed E-state index contributed by atoms with van der Waals surface area (Å²) in [5.41, 5.74) is 11.6. The SMILES string of the molecule is CC(C)C[C@H](CN)CC(=O)OC(C)CCOC(=O)CC1(CN)CCCCC1.Cl.Cl. The van der Waals surface area contributed by atoms with Gasteiger partial charge in [0.1, 0.15) is 6.10 Å². The van der Waals surface area contributed by atoms with Gasteiger partial charge in [-0.15, -0.1) is 24.8 Å². The van der Waals surface area contributed by atoms with E-state index >= 15 is 0 Å². The molecule has 1 aliphatic rings. The lowest BCUT2D eigenvalue weighted by molar-refractivity contribution is -0.152. The second-order valence-electron chi connectivity index (χ2n) is 8.69. The molecule has 1 saturated carbocycles. The van der Waals surface area contributed by atoms with Gasteiger partial charge < -0.3 is 20.9 Å². The second-order valence-corrected chi connectivity index (χ2v) is 8.69. The lowest BCUT2D eigenvalue weighted by atomic mass is 9.72. The van der Waals surface area contributed by atoms with E-state index in [9.17, 15) is 9.59 Å². The topological polar surface area (TPSA) is 105 Å². The molecule has 174 valence electrons. The predicted octanol–water partition coefficient (Wildman–Crippen LogP) is 4.01. The first-order chi connectivity index (χ1) is 12.8. The van der Waals surface area contributed by atoms with E-state index in [1.54, 1.807) is 0 Å². The van der Waals surface area contributed by atoms with Crippen LogP contribution in [-0.4, -0.2) is 37.7 Å². The third-order valence-electron chi connectivity index (χ3n) is 5.58. The van der Waals surface area contributed by atoms with Crippen molar-refractivity contribution >= 4 is 36.8 Å². The number of hydrogen-bond acceptors (Lipinski definition) is 6. The Morgan fingerprint density at radius 1 is 1.00 bits per heavy atom. The molecule has 0 aromatic carbocycles. The average Bonchev–Trinajstić information content (AvgIpc) is 2.61. The van der Waals surface area contributed by atoms with Gasteiger partial charge in [-0.2, -0.15) is 0 Å². The minimum absolute atomic E-state index is 0. The van der Waals surface area contributed by atoms with Crippen molar-refractivity contribution in [2.24, 2.45) is 28.7 Å². The molecule has 0 heterocycles. The Labute approximate surface area is 189 Å². The summed E-state index contributed by atoms with van der Waals surface area (Å²) in [4.78, 5) is 24.2. The van der Waals surface area contributed by atoms with Crippen LogP contribution in [0.4, 0.5) is 0 Å². The number of ether oxygens (including phenoxy) is 2. The molecule has 0 aromatic rings. The van der Waals surface area contributed by atoms with E-state index in [-0.39, 0.29) is 60.8 Å². The highest BCUT2D eigenvalue weighted by molar-refractivity contribution is 5.85. The molecule has 0 aromatic heterocycles. The summed E-state index contributed by atoms with van der Waals surface area (Å²) in [7, 11) is 0. The van der Waals surface area contributed by atoms with Crippen molar-refractivity contribution in [1.82, 2.24) is 0 Å². The molecule has 8 heteroatoms. The fourth-order valence-corrected chi connectivity index (χ4v) is 3.95. The summed E-state index contributed by atoms with van der Waals surface area (Å²) in [6, 6.07) is 0. The molecule has 1 rings (SSSR count). The lowest BCUT2D eigenvalue weighted by Gasteiger charge is -2.35. The molecule has 6 nitrogen and oxygen atoms in total. The van der Waals surface area contributed by atoms with E-state index in [0.29, 0.717) is 38.3 Å². The van der Waals surface area contributed by atoms with E-state index in [1.165, 1.54) is 6.42 Å².